The molecule has 0 saturated carbocycles. The fourth-order valence-electron chi connectivity index (χ4n) is 3.23. The molecule has 0 unspecified atom stereocenters. The van der Waals surface area contributed by atoms with Gasteiger partial charge < -0.3 is 10.1 Å². The summed E-state index contributed by atoms with van der Waals surface area (Å²) in [6.45, 7) is 1.37. The number of carbonyl (C=O) groups excluding carboxylic acids is 1. The summed E-state index contributed by atoms with van der Waals surface area (Å²) in [5.74, 6) is -0.310. The second-order valence-corrected chi connectivity index (χ2v) is 8.64. The molecule has 3 aromatic rings. The second kappa shape index (κ2) is 8.74. The summed E-state index contributed by atoms with van der Waals surface area (Å²) in [6.07, 6.45) is 4.97. The van der Waals surface area contributed by atoms with E-state index in [1.54, 1.807) is 35.4 Å². The minimum Gasteiger partial charge on any atom is -0.379 e. The number of nitrogens with zero attached hydrogens (tertiary/aromatic N) is 4. The first-order chi connectivity index (χ1) is 14.5. The Bertz CT molecular complexity index is 1120. The van der Waals surface area contributed by atoms with Gasteiger partial charge in [-0.2, -0.15) is 9.40 Å². The van der Waals surface area contributed by atoms with Crippen LogP contribution < -0.4 is 5.32 Å². The van der Waals surface area contributed by atoms with Crippen molar-refractivity contribution in [3.63, 3.8) is 0 Å². The minimum absolute atomic E-state index is 0.00883. The number of amides is 1. The standard InChI is InChI=1S/C20H21N5O4S/c26-20(15-25-19(6-9-22-25)16-4-7-21-8-5-16)23-17-2-1-3-18(14-17)30(27,28)24-10-12-29-13-11-24/h1-9,14H,10-13,15H2,(H,23,26). The molecule has 1 amide bonds. The van der Waals surface area contributed by atoms with Gasteiger partial charge in [0.1, 0.15) is 6.54 Å². The van der Waals surface area contributed by atoms with Crippen LogP contribution in [0.2, 0.25) is 0 Å². The van der Waals surface area contributed by atoms with Gasteiger partial charge in [0, 0.05) is 42.9 Å². The van der Waals surface area contributed by atoms with Gasteiger partial charge in [-0.25, -0.2) is 8.42 Å². The Morgan fingerprint density at radius 3 is 2.60 bits per heavy atom. The largest absolute Gasteiger partial charge is 0.379 e. The second-order valence-electron chi connectivity index (χ2n) is 6.70. The predicted octanol–water partition coefficient (Wildman–Crippen LogP) is 1.60. The number of sulfonamides is 1. The summed E-state index contributed by atoms with van der Waals surface area (Å²) in [5, 5.41) is 6.97. The molecule has 10 heteroatoms. The molecule has 1 aromatic carbocycles. The molecule has 9 nitrogen and oxygen atoms in total. The lowest BCUT2D eigenvalue weighted by Gasteiger charge is -2.26. The van der Waals surface area contributed by atoms with Crippen LogP contribution in [0, 0.1) is 0 Å². The molecule has 0 aliphatic carbocycles. The van der Waals surface area contributed by atoms with Gasteiger partial charge >= 0.3 is 0 Å². The highest BCUT2D eigenvalue weighted by molar-refractivity contribution is 7.89. The number of hydrogen-bond donors (Lipinski definition) is 1. The summed E-state index contributed by atoms with van der Waals surface area (Å²) >= 11 is 0. The van der Waals surface area contributed by atoms with E-state index >= 15 is 0 Å². The topological polar surface area (TPSA) is 106 Å². The van der Waals surface area contributed by atoms with Crippen molar-refractivity contribution in [2.75, 3.05) is 31.6 Å². The lowest BCUT2D eigenvalue weighted by Crippen LogP contribution is -2.40. The molecular weight excluding hydrogens is 406 g/mol. The molecule has 0 radical (unpaired) electrons. The molecule has 4 rings (SSSR count). The fourth-order valence-corrected chi connectivity index (χ4v) is 4.69. The van der Waals surface area contributed by atoms with Crippen LogP contribution in [0.5, 0.6) is 0 Å². The number of carbonyl (C=O) groups is 1. The zero-order valence-electron chi connectivity index (χ0n) is 16.1. The molecule has 0 bridgehead atoms. The summed E-state index contributed by atoms with van der Waals surface area (Å²) in [6, 6.07) is 11.8. The van der Waals surface area contributed by atoms with E-state index in [0.29, 0.717) is 32.0 Å². The molecule has 30 heavy (non-hydrogen) atoms. The van der Waals surface area contributed by atoms with Crippen LogP contribution in [-0.4, -0.2) is 59.7 Å². The summed E-state index contributed by atoms with van der Waals surface area (Å²) in [5.41, 5.74) is 2.09. The van der Waals surface area contributed by atoms with Crippen LogP contribution in [0.3, 0.4) is 0 Å². The zero-order valence-corrected chi connectivity index (χ0v) is 17.0. The van der Waals surface area contributed by atoms with E-state index in [1.807, 2.05) is 18.2 Å². The van der Waals surface area contributed by atoms with Crippen LogP contribution >= 0.6 is 0 Å². The fraction of sp³-hybridized carbons (Fsp3) is 0.250. The summed E-state index contributed by atoms with van der Waals surface area (Å²) < 4.78 is 33.8. The van der Waals surface area contributed by atoms with Crippen LogP contribution in [0.4, 0.5) is 5.69 Å². The highest BCUT2D eigenvalue weighted by atomic mass is 32.2. The van der Waals surface area contributed by atoms with Crippen molar-refractivity contribution in [1.29, 1.82) is 0 Å². The Balaban J connectivity index is 1.47. The number of nitrogens with one attached hydrogen (secondary N) is 1. The van der Waals surface area contributed by atoms with Crippen molar-refractivity contribution < 1.29 is 17.9 Å². The molecule has 1 aliphatic rings. The number of pyridine rings is 1. The third-order valence-electron chi connectivity index (χ3n) is 4.71. The maximum Gasteiger partial charge on any atom is 0.246 e. The van der Waals surface area contributed by atoms with Gasteiger partial charge in [0.05, 0.1) is 23.8 Å². The molecule has 1 fully saturated rings. The van der Waals surface area contributed by atoms with Gasteiger partial charge in [0.2, 0.25) is 15.9 Å². The Labute approximate surface area is 174 Å². The van der Waals surface area contributed by atoms with Gasteiger partial charge in [-0.1, -0.05) is 6.07 Å². The van der Waals surface area contributed by atoms with Crippen molar-refractivity contribution >= 4 is 21.6 Å². The average molecular weight is 427 g/mol. The predicted molar refractivity (Wildman–Crippen MR) is 110 cm³/mol. The van der Waals surface area contributed by atoms with Crippen molar-refractivity contribution in [2.24, 2.45) is 0 Å². The Kier molecular flexibility index (Phi) is 5.88. The Hall–Kier alpha value is -3.08. The lowest BCUT2D eigenvalue weighted by molar-refractivity contribution is -0.116. The molecular formula is C20H21N5O4S. The van der Waals surface area contributed by atoms with Crippen LogP contribution in [-0.2, 0) is 26.1 Å². The van der Waals surface area contributed by atoms with Crippen molar-refractivity contribution in [3.05, 3.63) is 61.1 Å². The monoisotopic (exact) mass is 427 g/mol. The third-order valence-corrected chi connectivity index (χ3v) is 6.61. The Morgan fingerprint density at radius 1 is 1.07 bits per heavy atom. The number of benzene rings is 1. The highest BCUT2D eigenvalue weighted by Crippen LogP contribution is 2.21. The average Bonchev–Trinajstić information content (AvgIpc) is 3.23. The zero-order chi connectivity index (χ0) is 21.0. The van der Waals surface area contributed by atoms with E-state index in [1.165, 1.54) is 16.4 Å². The number of anilines is 1. The lowest BCUT2D eigenvalue weighted by atomic mass is 10.2. The van der Waals surface area contributed by atoms with E-state index in [0.717, 1.165) is 11.3 Å². The molecule has 1 aliphatic heterocycles. The molecule has 0 atom stereocenters. The Morgan fingerprint density at radius 2 is 1.83 bits per heavy atom. The first-order valence-electron chi connectivity index (χ1n) is 9.44. The molecule has 1 N–H and O–H groups in total. The summed E-state index contributed by atoms with van der Waals surface area (Å²) in [4.78, 5) is 16.7. The molecule has 3 heterocycles. The van der Waals surface area contributed by atoms with Crippen molar-refractivity contribution in [3.8, 4) is 11.3 Å². The summed E-state index contributed by atoms with van der Waals surface area (Å²) in [7, 11) is -3.63. The van der Waals surface area contributed by atoms with Gasteiger partial charge in [0.25, 0.3) is 0 Å². The van der Waals surface area contributed by atoms with E-state index in [2.05, 4.69) is 15.4 Å². The van der Waals surface area contributed by atoms with E-state index in [9.17, 15) is 13.2 Å². The van der Waals surface area contributed by atoms with Gasteiger partial charge in [-0.05, 0) is 36.4 Å². The van der Waals surface area contributed by atoms with Crippen LogP contribution in [0.15, 0.2) is 66.0 Å². The van der Waals surface area contributed by atoms with Crippen molar-refractivity contribution in [2.45, 2.75) is 11.4 Å². The maximum atomic E-state index is 12.8. The third kappa shape index (κ3) is 4.40. The van der Waals surface area contributed by atoms with Crippen LogP contribution in [0.1, 0.15) is 0 Å². The van der Waals surface area contributed by atoms with E-state index in [4.69, 9.17) is 4.74 Å². The number of morpholine rings is 1. The number of aromatic nitrogens is 3. The molecule has 0 spiro atoms. The smallest absolute Gasteiger partial charge is 0.246 e. The normalized spacial score (nSPS) is 15.1. The minimum atomic E-state index is -3.63. The van der Waals surface area contributed by atoms with E-state index in [-0.39, 0.29) is 17.3 Å². The van der Waals surface area contributed by atoms with Gasteiger partial charge in [-0.3, -0.25) is 14.5 Å². The van der Waals surface area contributed by atoms with Crippen LogP contribution in [0.25, 0.3) is 11.3 Å². The number of ether oxygens (including phenoxy) is 1. The van der Waals surface area contributed by atoms with E-state index < -0.39 is 10.0 Å². The number of rotatable bonds is 6. The van der Waals surface area contributed by atoms with Gasteiger partial charge in [-0.15, -0.1) is 0 Å². The van der Waals surface area contributed by atoms with Gasteiger partial charge in [0.15, 0.2) is 0 Å². The first kappa shape index (κ1) is 20.2. The first-order valence-corrected chi connectivity index (χ1v) is 10.9. The van der Waals surface area contributed by atoms with Crippen molar-refractivity contribution in [1.82, 2.24) is 19.1 Å². The SMILES string of the molecule is O=C(Cn1nccc1-c1ccncc1)Nc1cccc(S(=O)(=O)N2CCOCC2)c1. The number of hydrogen-bond acceptors (Lipinski definition) is 6. The quantitative estimate of drug-likeness (QED) is 0.641. The molecule has 2 aromatic heterocycles. The highest BCUT2D eigenvalue weighted by Gasteiger charge is 2.26. The maximum absolute atomic E-state index is 12.8. The molecule has 1 saturated heterocycles. The molecule has 156 valence electrons.